The molecule has 0 aliphatic rings. The summed E-state index contributed by atoms with van der Waals surface area (Å²) in [5.41, 5.74) is 10.9. The highest BCUT2D eigenvalue weighted by molar-refractivity contribution is 7.80. The molecule has 1 amide bonds. The first-order valence-corrected chi connectivity index (χ1v) is 4.81. The van der Waals surface area contributed by atoms with Crippen LogP contribution in [0.2, 0.25) is 0 Å². The summed E-state index contributed by atoms with van der Waals surface area (Å²) in [4.78, 5) is 11.2. The highest BCUT2D eigenvalue weighted by Crippen LogP contribution is 2.11. The zero-order valence-electron chi connectivity index (χ0n) is 8.10. The van der Waals surface area contributed by atoms with Gasteiger partial charge in [-0.3, -0.25) is 4.79 Å². The van der Waals surface area contributed by atoms with E-state index in [2.05, 4.69) is 0 Å². The summed E-state index contributed by atoms with van der Waals surface area (Å²) in [7, 11) is 0. The number of nitrogens with two attached hydrogens (primary N) is 2. The van der Waals surface area contributed by atoms with E-state index in [1.165, 1.54) is 0 Å². The Balaban J connectivity index is 2.50. The Morgan fingerprint density at radius 2 is 1.87 bits per heavy atom. The fraction of sp³-hybridized carbons (Fsp3) is 0.200. The summed E-state index contributed by atoms with van der Waals surface area (Å²) in [5, 5.41) is 0. The van der Waals surface area contributed by atoms with E-state index in [-0.39, 0.29) is 0 Å². The maximum absolute atomic E-state index is 10.8. The number of hydrogen-bond donors (Lipinski definition) is 2. The van der Waals surface area contributed by atoms with Gasteiger partial charge in [0.15, 0.2) is 0 Å². The van der Waals surface area contributed by atoms with E-state index in [4.69, 9.17) is 28.4 Å². The number of ether oxygens (including phenoxy) is 1. The van der Waals surface area contributed by atoms with Crippen molar-refractivity contribution in [3.05, 3.63) is 29.8 Å². The number of hydrogen-bond acceptors (Lipinski definition) is 3. The summed E-state index contributed by atoms with van der Waals surface area (Å²) in [6.07, 6.45) is 0.535. The molecule has 0 aromatic heterocycles. The molecule has 0 unspecified atom stereocenters. The molecule has 80 valence electrons. The van der Waals surface area contributed by atoms with E-state index in [0.29, 0.717) is 29.3 Å². The molecule has 0 saturated heterocycles. The Morgan fingerprint density at radius 1 is 1.27 bits per heavy atom. The van der Waals surface area contributed by atoms with Crippen LogP contribution in [0.5, 0.6) is 5.75 Å². The largest absolute Gasteiger partial charge is 0.493 e. The van der Waals surface area contributed by atoms with Gasteiger partial charge in [-0.2, -0.15) is 0 Å². The van der Waals surface area contributed by atoms with Gasteiger partial charge in [0.05, 0.1) is 11.6 Å². The van der Waals surface area contributed by atoms with Gasteiger partial charge >= 0.3 is 0 Å². The first kappa shape index (κ1) is 11.5. The minimum Gasteiger partial charge on any atom is -0.493 e. The van der Waals surface area contributed by atoms with Crippen molar-refractivity contribution in [2.45, 2.75) is 6.42 Å². The van der Waals surface area contributed by atoms with Crippen molar-refractivity contribution in [1.29, 1.82) is 0 Å². The molecule has 0 aliphatic heterocycles. The van der Waals surface area contributed by atoms with E-state index in [1.807, 2.05) is 0 Å². The lowest BCUT2D eigenvalue weighted by Crippen LogP contribution is -2.13. The average molecular weight is 224 g/mol. The molecular formula is C10H12N2O2S. The van der Waals surface area contributed by atoms with E-state index < -0.39 is 5.91 Å². The summed E-state index contributed by atoms with van der Waals surface area (Å²) < 4.78 is 5.33. The van der Waals surface area contributed by atoms with E-state index in [1.54, 1.807) is 24.3 Å². The van der Waals surface area contributed by atoms with Crippen LogP contribution in [0.25, 0.3) is 0 Å². The summed E-state index contributed by atoms with van der Waals surface area (Å²) in [6.45, 7) is 0.436. The molecule has 0 radical (unpaired) electrons. The van der Waals surface area contributed by atoms with Crippen molar-refractivity contribution < 1.29 is 9.53 Å². The van der Waals surface area contributed by atoms with Crippen LogP contribution in [0.15, 0.2) is 24.3 Å². The molecule has 0 saturated carbocycles. The zero-order chi connectivity index (χ0) is 11.3. The second-order valence-corrected chi connectivity index (χ2v) is 3.48. The highest BCUT2D eigenvalue weighted by Gasteiger charge is 2.00. The third-order valence-corrected chi connectivity index (χ3v) is 1.96. The van der Waals surface area contributed by atoms with Crippen LogP contribution >= 0.6 is 12.2 Å². The topological polar surface area (TPSA) is 78.3 Å². The number of primary amides is 1. The molecule has 0 spiro atoms. The lowest BCUT2D eigenvalue weighted by atomic mass is 10.2. The van der Waals surface area contributed by atoms with Crippen LogP contribution in [-0.2, 0) is 0 Å². The molecule has 4 N–H and O–H groups in total. The van der Waals surface area contributed by atoms with Crippen molar-refractivity contribution in [3.63, 3.8) is 0 Å². The number of carbonyl (C=O) groups is 1. The first-order valence-electron chi connectivity index (χ1n) is 4.40. The summed E-state index contributed by atoms with van der Waals surface area (Å²) in [6, 6.07) is 6.58. The van der Waals surface area contributed by atoms with Crippen LogP contribution < -0.4 is 16.2 Å². The third kappa shape index (κ3) is 3.95. The van der Waals surface area contributed by atoms with Gasteiger partial charge in [0.2, 0.25) is 5.91 Å². The number of carbonyl (C=O) groups excluding carboxylic acids is 1. The second-order valence-electron chi connectivity index (χ2n) is 2.95. The molecule has 0 fully saturated rings. The fourth-order valence-electron chi connectivity index (χ4n) is 0.985. The van der Waals surface area contributed by atoms with Crippen molar-refractivity contribution in [2.75, 3.05) is 6.61 Å². The quantitative estimate of drug-likeness (QED) is 0.726. The van der Waals surface area contributed by atoms with Crippen LogP contribution in [0.1, 0.15) is 16.8 Å². The molecule has 4 nitrogen and oxygen atoms in total. The molecule has 15 heavy (non-hydrogen) atoms. The highest BCUT2D eigenvalue weighted by atomic mass is 32.1. The lowest BCUT2D eigenvalue weighted by molar-refractivity contribution is 0.100. The van der Waals surface area contributed by atoms with Crippen LogP contribution in [-0.4, -0.2) is 17.5 Å². The van der Waals surface area contributed by atoms with E-state index >= 15 is 0 Å². The van der Waals surface area contributed by atoms with E-state index in [9.17, 15) is 4.79 Å². The lowest BCUT2D eigenvalue weighted by Gasteiger charge is -2.05. The van der Waals surface area contributed by atoms with Gasteiger partial charge in [0, 0.05) is 12.0 Å². The number of thiocarbonyl (C=S) groups is 1. The van der Waals surface area contributed by atoms with Crippen molar-refractivity contribution in [2.24, 2.45) is 11.5 Å². The summed E-state index contributed by atoms with van der Waals surface area (Å²) in [5.74, 6) is 0.209. The molecule has 1 rings (SSSR count). The zero-order valence-corrected chi connectivity index (χ0v) is 8.92. The Labute approximate surface area is 93.2 Å². The molecule has 1 aromatic rings. The third-order valence-electron chi connectivity index (χ3n) is 1.76. The predicted octanol–water partition coefficient (Wildman–Crippen LogP) is 0.840. The first-order chi connectivity index (χ1) is 7.09. The summed E-state index contributed by atoms with van der Waals surface area (Å²) >= 11 is 4.70. The fourth-order valence-corrected chi connectivity index (χ4v) is 1.07. The van der Waals surface area contributed by atoms with Gasteiger partial charge < -0.3 is 16.2 Å². The maximum atomic E-state index is 10.8. The van der Waals surface area contributed by atoms with Crippen molar-refractivity contribution >= 4 is 23.1 Å². The van der Waals surface area contributed by atoms with Crippen molar-refractivity contribution in [1.82, 2.24) is 0 Å². The molecule has 0 heterocycles. The van der Waals surface area contributed by atoms with Crippen LogP contribution in [0, 0.1) is 0 Å². The standard InChI is InChI=1S/C10H12N2O2S/c11-9(15)5-6-14-8-3-1-7(2-4-8)10(12)13/h1-4H,5-6H2,(H2,11,15)(H2,12,13). The number of rotatable bonds is 5. The van der Waals surface area contributed by atoms with Gasteiger partial charge in [-0.1, -0.05) is 12.2 Å². The monoisotopic (exact) mass is 224 g/mol. The smallest absolute Gasteiger partial charge is 0.248 e. The molecule has 0 atom stereocenters. The van der Waals surface area contributed by atoms with Crippen molar-refractivity contribution in [3.8, 4) is 5.75 Å². The number of amides is 1. The number of benzene rings is 1. The van der Waals surface area contributed by atoms with Gasteiger partial charge in [-0.05, 0) is 24.3 Å². The van der Waals surface area contributed by atoms with Gasteiger partial charge in [-0.25, -0.2) is 0 Å². The van der Waals surface area contributed by atoms with Crippen LogP contribution in [0.3, 0.4) is 0 Å². The second kappa shape index (κ2) is 5.31. The van der Waals surface area contributed by atoms with Gasteiger partial charge in [0.1, 0.15) is 5.75 Å². The average Bonchev–Trinajstić information content (AvgIpc) is 2.18. The Kier molecular flexibility index (Phi) is 4.05. The van der Waals surface area contributed by atoms with E-state index in [0.717, 1.165) is 0 Å². The SMILES string of the molecule is NC(=O)c1ccc(OCCC(N)=S)cc1. The molecule has 0 aliphatic carbocycles. The molecule has 0 bridgehead atoms. The Hall–Kier alpha value is -1.62. The molecule has 1 aromatic carbocycles. The molecule has 5 heteroatoms. The van der Waals surface area contributed by atoms with Gasteiger partial charge in [0.25, 0.3) is 0 Å². The predicted molar refractivity (Wildman–Crippen MR) is 61.9 cm³/mol. The minimum absolute atomic E-state index is 0.420. The Bertz CT molecular complexity index is 362. The van der Waals surface area contributed by atoms with Gasteiger partial charge in [-0.15, -0.1) is 0 Å². The molecular weight excluding hydrogens is 212 g/mol. The minimum atomic E-state index is -0.454. The van der Waals surface area contributed by atoms with Crippen LogP contribution in [0.4, 0.5) is 0 Å². The maximum Gasteiger partial charge on any atom is 0.248 e. The normalized spacial score (nSPS) is 9.60. The Morgan fingerprint density at radius 3 is 2.33 bits per heavy atom.